The summed E-state index contributed by atoms with van der Waals surface area (Å²) >= 11 is 0. The van der Waals surface area contributed by atoms with Crippen molar-refractivity contribution in [3.63, 3.8) is 0 Å². The van der Waals surface area contributed by atoms with Crippen molar-refractivity contribution in [2.45, 2.75) is 44.0 Å². The number of carbonyl (C=O) groups is 1. The molecule has 1 aliphatic heterocycles. The summed E-state index contributed by atoms with van der Waals surface area (Å²) in [6.45, 7) is 1.20. The van der Waals surface area contributed by atoms with Crippen LogP contribution in [0.1, 0.15) is 31.2 Å². The summed E-state index contributed by atoms with van der Waals surface area (Å²) in [4.78, 5) is 12.8. The molecule has 1 saturated heterocycles. The fourth-order valence-electron chi connectivity index (χ4n) is 5.40. The highest BCUT2D eigenvalue weighted by molar-refractivity contribution is 5.97. The van der Waals surface area contributed by atoms with Crippen LogP contribution in [-0.4, -0.2) is 24.1 Å². The van der Waals surface area contributed by atoms with Crippen molar-refractivity contribution >= 4 is 5.78 Å². The van der Waals surface area contributed by atoms with E-state index in [1.54, 1.807) is 0 Å². The van der Waals surface area contributed by atoms with Crippen LogP contribution in [0, 0.1) is 17.3 Å². The molecule has 23 heavy (non-hydrogen) atoms. The molecule has 2 spiro atoms. The average molecular weight is 310 g/mol. The zero-order valence-electron chi connectivity index (χ0n) is 13.2. The van der Waals surface area contributed by atoms with Gasteiger partial charge in [-0.25, -0.2) is 0 Å². The Hall–Kier alpha value is -1.45. The Labute approximate surface area is 136 Å². The minimum absolute atomic E-state index is 0.0808. The number of ketones is 1. The SMILES string of the molecule is O=C1[C@H]2C=C[C@]3([C@H](CCC[C@@H]3OCc3ccccc3)C2)C12CO2. The van der Waals surface area contributed by atoms with Crippen LogP contribution in [0.25, 0.3) is 0 Å². The van der Waals surface area contributed by atoms with E-state index in [1.165, 1.54) is 18.4 Å². The van der Waals surface area contributed by atoms with Gasteiger partial charge in [0.25, 0.3) is 0 Å². The predicted octanol–water partition coefficient (Wildman–Crippen LogP) is 3.29. The number of Topliss-reactive ketones (excluding diaryl/α,β-unsaturated/α-hetero) is 1. The molecule has 4 aliphatic carbocycles. The normalized spacial score (nSPS) is 43.7. The summed E-state index contributed by atoms with van der Waals surface area (Å²) in [6.07, 6.45) is 8.93. The van der Waals surface area contributed by atoms with Gasteiger partial charge in [-0.15, -0.1) is 0 Å². The van der Waals surface area contributed by atoms with Crippen molar-refractivity contribution in [3.05, 3.63) is 48.0 Å². The topological polar surface area (TPSA) is 38.8 Å². The molecule has 3 fully saturated rings. The lowest BCUT2D eigenvalue weighted by Crippen LogP contribution is -2.64. The van der Waals surface area contributed by atoms with E-state index in [0.717, 1.165) is 12.8 Å². The van der Waals surface area contributed by atoms with Gasteiger partial charge in [0.1, 0.15) is 0 Å². The lowest BCUT2D eigenvalue weighted by Gasteiger charge is -2.57. The van der Waals surface area contributed by atoms with E-state index >= 15 is 0 Å². The minimum atomic E-state index is -0.558. The van der Waals surface area contributed by atoms with E-state index in [0.29, 0.717) is 24.9 Å². The summed E-state index contributed by atoms with van der Waals surface area (Å²) in [5.41, 5.74) is 0.416. The third-order valence-electron chi connectivity index (χ3n) is 6.53. The first kappa shape index (κ1) is 13.9. The van der Waals surface area contributed by atoms with Gasteiger partial charge in [-0.2, -0.15) is 0 Å². The monoisotopic (exact) mass is 310 g/mol. The number of ether oxygens (including phenoxy) is 2. The number of hydrogen-bond donors (Lipinski definition) is 0. The van der Waals surface area contributed by atoms with Gasteiger partial charge in [0.15, 0.2) is 11.4 Å². The molecule has 2 bridgehead atoms. The Bertz CT molecular complexity index is 661. The molecule has 1 unspecified atom stereocenters. The van der Waals surface area contributed by atoms with Crippen LogP contribution < -0.4 is 0 Å². The van der Waals surface area contributed by atoms with Gasteiger partial charge in [-0.3, -0.25) is 4.79 Å². The summed E-state index contributed by atoms with van der Waals surface area (Å²) in [5, 5.41) is 0. The second-order valence-electron chi connectivity index (χ2n) is 7.53. The fraction of sp³-hybridized carbons (Fsp3) is 0.550. The Morgan fingerprint density at radius 3 is 2.83 bits per heavy atom. The Morgan fingerprint density at radius 2 is 2.04 bits per heavy atom. The maximum Gasteiger partial charge on any atom is 0.174 e. The van der Waals surface area contributed by atoms with Gasteiger partial charge in [0.2, 0.25) is 0 Å². The van der Waals surface area contributed by atoms with Crippen LogP contribution in [0.3, 0.4) is 0 Å². The van der Waals surface area contributed by atoms with E-state index < -0.39 is 5.60 Å². The Morgan fingerprint density at radius 1 is 1.22 bits per heavy atom. The smallest absolute Gasteiger partial charge is 0.174 e. The highest BCUT2D eigenvalue weighted by Gasteiger charge is 2.75. The third-order valence-corrected chi connectivity index (χ3v) is 6.53. The van der Waals surface area contributed by atoms with Crippen LogP contribution in [0.15, 0.2) is 42.5 Å². The lowest BCUT2D eigenvalue weighted by molar-refractivity contribution is -0.165. The lowest BCUT2D eigenvalue weighted by atomic mass is 9.47. The average Bonchev–Trinajstić information content (AvgIpc) is 3.40. The van der Waals surface area contributed by atoms with Crippen molar-refractivity contribution in [1.82, 2.24) is 0 Å². The van der Waals surface area contributed by atoms with Gasteiger partial charge < -0.3 is 9.47 Å². The number of hydrogen-bond acceptors (Lipinski definition) is 3. The maximum absolute atomic E-state index is 12.8. The van der Waals surface area contributed by atoms with Crippen LogP contribution in [0.5, 0.6) is 0 Å². The molecule has 5 atom stereocenters. The van der Waals surface area contributed by atoms with Crippen LogP contribution in [0.4, 0.5) is 0 Å². The number of carbonyl (C=O) groups excluding carboxylic acids is 1. The van der Waals surface area contributed by atoms with Crippen molar-refractivity contribution in [1.29, 1.82) is 0 Å². The molecule has 120 valence electrons. The largest absolute Gasteiger partial charge is 0.372 e. The minimum Gasteiger partial charge on any atom is -0.372 e. The van der Waals surface area contributed by atoms with E-state index in [2.05, 4.69) is 24.3 Å². The third kappa shape index (κ3) is 1.75. The first-order chi connectivity index (χ1) is 11.3. The molecule has 2 saturated carbocycles. The molecule has 0 aromatic heterocycles. The van der Waals surface area contributed by atoms with Crippen molar-refractivity contribution in [2.75, 3.05) is 6.61 Å². The van der Waals surface area contributed by atoms with Crippen molar-refractivity contribution in [2.24, 2.45) is 17.3 Å². The molecule has 0 amide bonds. The standard InChI is InChI=1S/C20H22O3/c21-18-15-9-10-19(20(18)13-23-20)16(11-15)7-4-8-17(19)22-12-14-5-2-1-3-6-14/h1-3,5-6,9-10,15-17H,4,7-8,11-13H2/t15-,16+,17-,19+,20?/m0/s1. The second kappa shape index (κ2) is 4.78. The molecule has 3 heteroatoms. The van der Waals surface area contributed by atoms with Gasteiger partial charge in [-0.1, -0.05) is 48.9 Å². The molecule has 0 radical (unpaired) electrons. The number of benzene rings is 1. The van der Waals surface area contributed by atoms with E-state index in [9.17, 15) is 4.79 Å². The van der Waals surface area contributed by atoms with Crippen molar-refractivity contribution < 1.29 is 14.3 Å². The predicted molar refractivity (Wildman–Crippen MR) is 85.7 cm³/mol. The van der Waals surface area contributed by atoms with E-state index in [4.69, 9.17) is 9.47 Å². The van der Waals surface area contributed by atoms with Gasteiger partial charge in [0, 0.05) is 5.92 Å². The number of allylic oxidation sites excluding steroid dienone is 1. The van der Waals surface area contributed by atoms with Gasteiger partial charge in [-0.05, 0) is 30.7 Å². The highest BCUT2D eigenvalue weighted by Crippen LogP contribution is 2.66. The Balaban J connectivity index is 1.48. The summed E-state index contributed by atoms with van der Waals surface area (Å²) in [7, 11) is 0. The summed E-state index contributed by atoms with van der Waals surface area (Å²) in [6, 6.07) is 10.3. The highest BCUT2D eigenvalue weighted by atomic mass is 16.6. The molecule has 0 N–H and O–H groups in total. The Kier molecular flexibility index (Phi) is 2.90. The van der Waals surface area contributed by atoms with Crippen LogP contribution in [0.2, 0.25) is 0 Å². The van der Waals surface area contributed by atoms with Gasteiger partial charge in [0.05, 0.1) is 24.7 Å². The molecular formula is C20H22O3. The first-order valence-electron chi connectivity index (χ1n) is 8.79. The van der Waals surface area contributed by atoms with E-state index in [-0.39, 0.29) is 17.4 Å². The zero-order valence-corrected chi connectivity index (χ0v) is 13.2. The molecule has 5 aliphatic rings. The molecule has 3 nitrogen and oxygen atoms in total. The second-order valence-corrected chi connectivity index (χ2v) is 7.53. The molecule has 1 aromatic rings. The van der Waals surface area contributed by atoms with Gasteiger partial charge >= 0.3 is 0 Å². The molecule has 6 rings (SSSR count). The molecular weight excluding hydrogens is 288 g/mol. The zero-order chi connectivity index (χ0) is 15.5. The molecule has 1 aromatic carbocycles. The fourth-order valence-corrected chi connectivity index (χ4v) is 5.40. The van der Waals surface area contributed by atoms with Crippen LogP contribution >= 0.6 is 0 Å². The van der Waals surface area contributed by atoms with E-state index in [1.807, 2.05) is 18.2 Å². The summed E-state index contributed by atoms with van der Waals surface area (Å²) in [5.74, 6) is 0.927. The maximum atomic E-state index is 12.8. The van der Waals surface area contributed by atoms with Crippen LogP contribution in [-0.2, 0) is 20.9 Å². The molecule has 1 heterocycles. The van der Waals surface area contributed by atoms with Crippen molar-refractivity contribution in [3.8, 4) is 0 Å². The number of rotatable bonds is 3. The summed E-state index contributed by atoms with van der Waals surface area (Å²) < 4.78 is 12.2. The quantitative estimate of drug-likeness (QED) is 0.635. The number of epoxide rings is 1. The first-order valence-corrected chi connectivity index (χ1v) is 8.79.